The molecule has 0 atom stereocenters. The largest absolute Gasteiger partial charge is 0.468 e. The number of hydrogen-bond acceptors (Lipinski definition) is 4. The van der Waals surface area contributed by atoms with Gasteiger partial charge in [-0.2, -0.15) is 13.2 Å². The summed E-state index contributed by atoms with van der Waals surface area (Å²) in [5.74, 6) is 0.425. The number of hydrogen-bond donors (Lipinski definition) is 0. The molecule has 0 N–H and O–H groups in total. The van der Waals surface area contributed by atoms with Crippen LogP contribution in [0.3, 0.4) is 0 Å². The lowest BCUT2D eigenvalue weighted by Gasteiger charge is -2.23. The second-order valence-corrected chi connectivity index (χ2v) is 6.31. The summed E-state index contributed by atoms with van der Waals surface area (Å²) in [5, 5.41) is 0.638. The fourth-order valence-electron chi connectivity index (χ4n) is 2.94. The van der Waals surface area contributed by atoms with Crippen molar-refractivity contribution >= 4 is 11.0 Å². The summed E-state index contributed by atoms with van der Waals surface area (Å²) in [4.78, 5) is 13.1. The molecule has 0 aliphatic carbocycles. The summed E-state index contributed by atoms with van der Waals surface area (Å²) in [6, 6.07) is 8.13. The van der Waals surface area contributed by atoms with Crippen molar-refractivity contribution in [3.63, 3.8) is 0 Å². The number of halogens is 3. The topological polar surface area (TPSA) is 46.6 Å². The highest BCUT2D eigenvalue weighted by Crippen LogP contribution is 2.26. The van der Waals surface area contributed by atoms with Gasteiger partial charge in [0.1, 0.15) is 11.3 Å². The Bertz CT molecular complexity index is 959. The molecule has 7 heteroatoms. The molecule has 0 amide bonds. The van der Waals surface area contributed by atoms with Crippen LogP contribution in [0, 0.1) is 13.8 Å². The highest BCUT2D eigenvalue weighted by atomic mass is 19.4. The van der Waals surface area contributed by atoms with Gasteiger partial charge in [-0.05, 0) is 42.7 Å². The van der Waals surface area contributed by atoms with Crippen LogP contribution in [-0.4, -0.2) is 17.6 Å². The zero-order valence-electron chi connectivity index (χ0n) is 14.4. The van der Waals surface area contributed by atoms with Gasteiger partial charge in [-0.25, -0.2) is 4.79 Å². The van der Waals surface area contributed by atoms with Crippen LogP contribution in [0.25, 0.3) is 11.0 Å². The molecule has 0 bridgehead atoms. The fraction of sp³-hybridized carbons (Fsp3) is 0.316. The average molecular weight is 365 g/mol. The van der Waals surface area contributed by atoms with Gasteiger partial charge in [-0.15, -0.1) is 0 Å². The van der Waals surface area contributed by atoms with E-state index in [0.717, 1.165) is 11.1 Å². The Kier molecular flexibility index (Phi) is 4.91. The molecule has 0 saturated heterocycles. The predicted octanol–water partition coefficient (Wildman–Crippen LogP) is 4.57. The van der Waals surface area contributed by atoms with E-state index in [9.17, 15) is 18.0 Å². The first kappa shape index (κ1) is 18.3. The van der Waals surface area contributed by atoms with E-state index in [1.807, 2.05) is 19.9 Å². The van der Waals surface area contributed by atoms with Gasteiger partial charge in [0.2, 0.25) is 0 Å². The third-order valence-corrected chi connectivity index (χ3v) is 4.27. The third-order valence-electron chi connectivity index (χ3n) is 4.27. The Morgan fingerprint density at radius 3 is 2.54 bits per heavy atom. The molecule has 138 valence electrons. The Hall–Kier alpha value is -2.54. The van der Waals surface area contributed by atoms with E-state index >= 15 is 0 Å². The van der Waals surface area contributed by atoms with Crippen molar-refractivity contribution in [1.29, 1.82) is 0 Å². The highest BCUT2D eigenvalue weighted by Gasteiger charge is 2.31. The Balaban J connectivity index is 2.00. The number of nitrogens with zero attached hydrogens (tertiary/aromatic N) is 1. The van der Waals surface area contributed by atoms with Gasteiger partial charge in [0.05, 0.1) is 19.4 Å². The maximum Gasteiger partial charge on any atom is 0.401 e. The maximum atomic E-state index is 13.0. The monoisotopic (exact) mass is 365 g/mol. The van der Waals surface area contributed by atoms with Gasteiger partial charge in [0.15, 0.2) is 0 Å². The van der Waals surface area contributed by atoms with E-state index in [4.69, 9.17) is 8.83 Å². The second kappa shape index (κ2) is 6.99. The molecule has 2 aromatic heterocycles. The second-order valence-electron chi connectivity index (χ2n) is 6.31. The zero-order valence-corrected chi connectivity index (χ0v) is 14.4. The van der Waals surface area contributed by atoms with E-state index in [2.05, 4.69) is 0 Å². The van der Waals surface area contributed by atoms with Crippen LogP contribution in [0.2, 0.25) is 0 Å². The molecule has 0 aliphatic heterocycles. The Morgan fingerprint density at radius 2 is 1.88 bits per heavy atom. The number of benzene rings is 1. The minimum absolute atomic E-state index is 0.0148. The number of furan rings is 1. The van der Waals surface area contributed by atoms with Crippen LogP contribution in [0.5, 0.6) is 0 Å². The molecule has 0 unspecified atom stereocenters. The molecule has 2 heterocycles. The lowest BCUT2D eigenvalue weighted by Crippen LogP contribution is -2.33. The molecular weight excluding hydrogens is 347 g/mol. The lowest BCUT2D eigenvalue weighted by atomic mass is 10.0. The summed E-state index contributed by atoms with van der Waals surface area (Å²) >= 11 is 0. The molecule has 0 spiro atoms. The van der Waals surface area contributed by atoms with Crippen LogP contribution in [0.1, 0.15) is 22.5 Å². The molecule has 0 fully saturated rings. The van der Waals surface area contributed by atoms with Crippen LogP contribution in [0.4, 0.5) is 13.2 Å². The van der Waals surface area contributed by atoms with Crippen LogP contribution in [0.15, 0.2) is 50.2 Å². The van der Waals surface area contributed by atoms with E-state index in [1.165, 1.54) is 17.2 Å². The molecule has 26 heavy (non-hydrogen) atoms. The van der Waals surface area contributed by atoms with Crippen LogP contribution >= 0.6 is 0 Å². The van der Waals surface area contributed by atoms with Gasteiger partial charge in [0.25, 0.3) is 0 Å². The molecule has 1 aromatic carbocycles. The van der Waals surface area contributed by atoms with Crippen molar-refractivity contribution in [3.8, 4) is 0 Å². The summed E-state index contributed by atoms with van der Waals surface area (Å²) in [6.07, 6.45) is -2.95. The van der Waals surface area contributed by atoms with Gasteiger partial charge >= 0.3 is 11.8 Å². The SMILES string of the molecule is Cc1ccc2c(CN(Cc3ccco3)CC(F)(F)F)cc(=O)oc2c1C. The molecule has 0 aliphatic rings. The van der Waals surface area contributed by atoms with Crippen molar-refractivity contribution in [2.75, 3.05) is 6.54 Å². The quantitative estimate of drug-likeness (QED) is 0.622. The van der Waals surface area contributed by atoms with Gasteiger partial charge < -0.3 is 8.83 Å². The molecule has 3 rings (SSSR count). The predicted molar refractivity (Wildman–Crippen MR) is 90.8 cm³/mol. The number of alkyl halides is 3. The van der Waals surface area contributed by atoms with Crippen molar-refractivity contribution in [1.82, 2.24) is 4.90 Å². The van der Waals surface area contributed by atoms with Crippen molar-refractivity contribution in [2.45, 2.75) is 33.1 Å². The lowest BCUT2D eigenvalue weighted by molar-refractivity contribution is -0.148. The number of fused-ring (bicyclic) bond motifs is 1. The standard InChI is InChI=1S/C19H18F3NO3/c1-12-5-6-16-14(8-17(24)26-18(16)13(12)2)9-23(11-19(20,21)22)10-15-4-3-7-25-15/h3-8H,9-11H2,1-2H3. The molecule has 0 radical (unpaired) electrons. The van der Waals surface area contributed by atoms with Crippen molar-refractivity contribution in [3.05, 3.63) is 69.5 Å². The smallest absolute Gasteiger partial charge is 0.401 e. The average Bonchev–Trinajstić information content (AvgIpc) is 3.02. The summed E-state index contributed by atoms with van der Waals surface area (Å²) in [6.45, 7) is 2.53. The van der Waals surface area contributed by atoms with Crippen molar-refractivity contribution in [2.24, 2.45) is 0 Å². The first-order valence-corrected chi connectivity index (χ1v) is 8.07. The van der Waals surface area contributed by atoms with E-state index in [-0.39, 0.29) is 13.1 Å². The van der Waals surface area contributed by atoms with Gasteiger partial charge in [-0.3, -0.25) is 4.90 Å². The van der Waals surface area contributed by atoms with Gasteiger partial charge in [0, 0.05) is 18.0 Å². The summed E-state index contributed by atoms with van der Waals surface area (Å²) in [5.41, 5.74) is 2.08. The number of aryl methyl sites for hydroxylation is 2. The maximum absolute atomic E-state index is 13.0. The zero-order chi connectivity index (χ0) is 18.9. The van der Waals surface area contributed by atoms with Crippen molar-refractivity contribution < 1.29 is 22.0 Å². The highest BCUT2D eigenvalue weighted by molar-refractivity contribution is 5.83. The molecule has 4 nitrogen and oxygen atoms in total. The molecule has 0 saturated carbocycles. The Morgan fingerprint density at radius 1 is 1.12 bits per heavy atom. The number of rotatable bonds is 5. The first-order chi connectivity index (χ1) is 12.2. The molecule has 3 aromatic rings. The fourth-order valence-corrected chi connectivity index (χ4v) is 2.94. The first-order valence-electron chi connectivity index (χ1n) is 8.07. The van der Waals surface area contributed by atoms with Gasteiger partial charge in [-0.1, -0.05) is 12.1 Å². The Labute approximate surface area is 147 Å². The summed E-state index contributed by atoms with van der Waals surface area (Å²) in [7, 11) is 0. The summed E-state index contributed by atoms with van der Waals surface area (Å²) < 4.78 is 49.4. The normalized spacial score (nSPS) is 12.2. The third kappa shape index (κ3) is 4.16. The van der Waals surface area contributed by atoms with Crippen LogP contribution < -0.4 is 5.63 Å². The molecular formula is C19H18F3NO3. The minimum atomic E-state index is -4.37. The van der Waals surface area contributed by atoms with E-state index < -0.39 is 18.3 Å². The minimum Gasteiger partial charge on any atom is -0.468 e. The van der Waals surface area contributed by atoms with Crippen LogP contribution in [-0.2, 0) is 13.1 Å². The van der Waals surface area contributed by atoms with E-state index in [1.54, 1.807) is 18.2 Å². The van der Waals surface area contributed by atoms with E-state index in [0.29, 0.717) is 22.3 Å².